The summed E-state index contributed by atoms with van der Waals surface area (Å²) in [5, 5.41) is 0. The molecule has 0 aliphatic rings. The van der Waals surface area contributed by atoms with E-state index in [-0.39, 0.29) is 39.0 Å². The zero-order valence-corrected chi connectivity index (χ0v) is 28.2. The second-order valence-corrected chi connectivity index (χ2v) is 9.59. The number of ether oxygens (including phenoxy) is 12. The monoisotopic (exact) mass is 738 g/mol. The van der Waals surface area contributed by atoms with Crippen LogP contribution < -0.4 is 4.74 Å². The first-order valence-corrected chi connectivity index (χ1v) is 15.9. The number of carbonyl (C=O) groups excluding carboxylic acids is 2. The standard InChI is InChI=1S/C31H47F5O14/c1-24(37)49-23-22-48-21-20-47-19-18-46-17-16-45-15-14-44-13-12-43-11-10-42-9-8-41-7-6-40-5-4-39-3-2-25(38)50-31-29(35)27(33)26(32)28(34)30(31)36/h2-23H2,1H3. The number of rotatable bonds is 34. The van der Waals surface area contributed by atoms with Crippen LogP contribution in [0.25, 0.3) is 0 Å². The molecule has 0 aliphatic heterocycles. The van der Waals surface area contributed by atoms with E-state index in [1.807, 2.05) is 0 Å². The average molecular weight is 739 g/mol. The molecule has 0 unspecified atom stereocenters. The summed E-state index contributed by atoms with van der Waals surface area (Å²) in [6.07, 6.45) is -0.491. The molecule has 0 aliphatic carbocycles. The first kappa shape index (κ1) is 45.4. The molecule has 0 bridgehead atoms. The molecule has 19 heteroatoms. The second kappa shape index (κ2) is 31.2. The van der Waals surface area contributed by atoms with Gasteiger partial charge in [-0.05, 0) is 0 Å². The smallest absolute Gasteiger partial charge is 0.313 e. The van der Waals surface area contributed by atoms with Crippen molar-refractivity contribution in [2.24, 2.45) is 0 Å². The van der Waals surface area contributed by atoms with Gasteiger partial charge in [0.15, 0.2) is 0 Å². The van der Waals surface area contributed by atoms with E-state index in [1.165, 1.54) is 6.92 Å². The number of hydrogen-bond acceptors (Lipinski definition) is 14. The Kier molecular flexibility index (Phi) is 28.3. The molecule has 290 valence electrons. The SMILES string of the molecule is CC(=O)OCCOCCOCCOCCOCCOCCOCCOCCOCCOCCOCCC(=O)Oc1c(F)c(F)c(F)c(F)c1F. The van der Waals surface area contributed by atoms with Crippen LogP contribution >= 0.6 is 0 Å². The van der Waals surface area contributed by atoms with Crippen molar-refractivity contribution in [2.75, 3.05) is 139 Å². The van der Waals surface area contributed by atoms with Gasteiger partial charge in [-0.25, -0.2) is 13.2 Å². The Morgan fingerprint density at radius 1 is 0.380 bits per heavy atom. The van der Waals surface area contributed by atoms with Gasteiger partial charge in [-0.2, -0.15) is 8.78 Å². The minimum atomic E-state index is -2.35. The number of esters is 2. The number of halogens is 5. The van der Waals surface area contributed by atoms with Crippen LogP contribution in [0.1, 0.15) is 13.3 Å². The van der Waals surface area contributed by atoms with Gasteiger partial charge in [0.2, 0.25) is 34.8 Å². The molecule has 0 atom stereocenters. The maximum absolute atomic E-state index is 13.5. The topological polar surface area (TPSA) is 145 Å². The van der Waals surface area contributed by atoms with Crippen molar-refractivity contribution in [3.63, 3.8) is 0 Å². The molecule has 0 N–H and O–H groups in total. The fraction of sp³-hybridized carbons (Fsp3) is 0.742. The molecule has 50 heavy (non-hydrogen) atoms. The van der Waals surface area contributed by atoms with E-state index < -0.39 is 47.2 Å². The van der Waals surface area contributed by atoms with Crippen LogP contribution in [0.5, 0.6) is 5.75 Å². The van der Waals surface area contributed by atoms with Crippen LogP contribution in [-0.4, -0.2) is 151 Å². The Hall–Kier alpha value is -2.59. The van der Waals surface area contributed by atoms with Crippen LogP contribution in [0.2, 0.25) is 0 Å². The van der Waals surface area contributed by atoms with Crippen molar-refractivity contribution in [1.29, 1.82) is 0 Å². The molecule has 0 aromatic heterocycles. The normalized spacial score (nSPS) is 11.3. The minimum Gasteiger partial charge on any atom is -0.463 e. The quantitative estimate of drug-likeness (QED) is 0.0255. The summed E-state index contributed by atoms with van der Waals surface area (Å²) in [6, 6.07) is 0. The zero-order chi connectivity index (χ0) is 36.7. The van der Waals surface area contributed by atoms with Crippen LogP contribution in [0.15, 0.2) is 0 Å². The molecular weight excluding hydrogens is 691 g/mol. The van der Waals surface area contributed by atoms with Crippen molar-refractivity contribution in [3.8, 4) is 5.75 Å². The molecule has 0 saturated heterocycles. The van der Waals surface area contributed by atoms with Gasteiger partial charge in [0.1, 0.15) is 6.61 Å². The van der Waals surface area contributed by atoms with E-state index >= 15 is 0 Å². The van der Waals surface area contributed by atoms with Crippen molar-refractivity contribution in [1.82, 2.24) is 0 Å². The third-order valence-corrected chi connectivity index (χ3v) is 5.72. The largest absolute Gasteiger partial charge is 0.463 e. The van der Waals surface area contributed by atoms with E-state index in [0.717, 1.165) is 0 Å². The first-order chi connectivity index (χ1) is 24.3. The summed E-state index contributed by atoms with van der Waals surface area (Å²) >= 11 is 0. The van der Waals surface area contributed by atoms with Gasteiger partial charge >= 0.3 is 11.9 Å². The Balaban J connectivity index is 1.74. The van der Waals surface area contributed by atoms with Gasteiger partial charge in [0, 0.05) is 6.92 Å². The van der Waals surface area contributed by atoms with Crippen LogP contribution in [-0.2, 0) is 61.7 Å². The summed E-state index contributed by atoms with van der Waals surface area (Å²) in [7, 11) is 0. The van der Waals surface area contributed by atoms with E-state index in [2.05, 4.69) is 4.74 Å². The van der Waals surface area contributed by atoms with Crippen LogP contribution in [0.4, 0.5) is 22.0 Å². The highest BCUT2D eigenvalue weighted by Crippen LogP contribution is 2.29. The molecule has 0 heterocycles. The third kappa shape index (κ3) is 23.7. The molecule has 0 fully saturated rings. The van der Waals surface area contributed by atoms with Crippen molar-refractivity contribution >= 4 is 11.9 Å². The molecule has 1 rings (SSSR count). The molecule has 14 nitrogen and oxygen atoms in total. The number of benzene rings is 1. The molecule has 1 aromatic carbocycles. The average Bonchev–Trinajstić information content (AvgIpc) is 3.10. The lowest BCUT2D eigenvalue weighted by atomic mass is 10.2. The van der Waals surface area contributed by atoms with Gasteiger partial charge in [0.25, 0.3) is 0 Å². The highest BCUT2D eigenvalue weighted by Gasteiger charge is 2.28. The lowest BCUT2D eigenvalue weighted by Gasteiger charge is -2.09. The summed E-state index contributed by atoms with van der Waals surface area (Å²) in [5.74, 6) is -14.5. The highest BCUT2D eigenvalue weighted by molar-refractivity contribution is 5.72. The summed E-state index contributed by atoms with van der Waals surface area (Å²) in [6.45, 7) is 8.36. The van der Waals surface area contributed by atoms with E-state index in [4.69, 9.17) is 52.1 Å². The van der Waals surface area contributed by atoms with Gasteiger partial charge < -0.3 is 56.8 Å². The Labute approximate surface area is 287 Å². The lowest BCUT2D eigenvalue weighted by molar-refractivity contribution is -0.142. The van der Waals surface area contributed by atoms with Crippen molar-refractivity contribution in [3.05, 3.63) is 29.1 Å². The van der Waals surface area contributed by atoms with E-state index in [1.54, 1.807) is 0 Å². The molecule has 0 spiro atoms. The van der Waals surface area contributed by atoms with Crippen molar-refractivity contribution in [2.45, 2.75) is 13.3 Å². The molecular formula is C31H47F5O14. The zero-order valence-electron chi connectivity index (χ0n) is 28.2. The van der Waals surface area contributed by atoms with Crippen LogP contribution in [0.3, 0.4) is 0 Å². The Morgan fingerprint density at radius 2 is 0.620 bits per heavy atom. The maximum Gasteiger partial charge on any atom is 0.313 e. The number of hydrogen-bond donors (Lipinski definition) is 0. The molecule has 0 radical (unpaired) electrons. The van der Waals surface area contributed by atoms with Gasteiger partial charge in [-0.1, -0.05) is 0 Å². The Morgan fingerprint density at radius 3 is 0.900 bits per heavy atom. The lowest BCUT2D eigenvalue weighted by Crippen LogP contribution is -2.16. The van der Waals surface area contributed by atoms with Gasteiger partial charge in [0.05, 0.1) is 139 Å². The first-order valence-electron chi connectivity index (χ1n) is 15.9. The fourth-order valence-corrected chi connectivity index (χ4v) is 3.32. The van der Waals surface area contributed by atoms with Crippen LogP contribution in [0, 0.1) is 29.1 Å². The number of carbonyl (C=O) groups is 2. The third-order valence-electron chi connectivity index (χ3n) is 5.72. The Bertz CT molecular complexity index is 1010. The van der Waals surface area contributed by atoms with E-state index in [9.17, 15) is 31.5 Å². The second-order valence-electron chi connectivity index (χ2n) is 9.59. The van der Waals surface area contributed by atoms with E-state index in [0.29, 0.717) is 106 Å². The fourth-order valence-electron chi connectivity index (χ4n) is 3.32. The minimum absolute atomic E-state index is 0.0760. The molecule has 0 saturated carbocycles. The molecule has 1 aromatic rings. The summed E-state index contributed by atoms with van der Waals surface area (Å²) in [5.41, 5.74) is 0. The highest BCUT2D eigenvalue weighted by atomic mass is 19.2. The molecule has 0 amide bonds. The summed E-state index contributed by atoms with van der Waals surface area (Å²) < 4.78 is 129. The summed E-state index contributed by atoms with van der Waals surface area (Å²) in [4.78, 5) is 22.2. The van der Waals surface area contributed by atoms with Crippen molar-refractivity contribution < 1.29 is 88.4 Å². The van der Waals surface area contributed by atoms with Gasteiger partial charge in [-0.15, -0.1) is 0 Å². The predicted molar refractivity (Wildman–Crippen MR) is 161 cm³/mol. The maximum atomic E-state index is 13.5. The predicted octanol–water partition coefficient (Wildman–Crippen LogP) is 2.41. The van der Waals surface area contributed by atoms with Gasteiger partial charge in [-0.3, -0.25) is 9.59 Å².